The Balaban J connectivity index is 1.20. The van der Waals surface area contributed by atoms with Crippen molar-refractivity contribution in [3.63, 3.8) is 0 Å². The van der Waals surface area contributed by atoms with Crippen LogP contribution < -0.4 is 20.2 Å². The number of piperazine rings is 1. The molecule has 2 aromatic carbocycles. The molecule has 1 fully saturated rings. The average molecular weight is 532 g/mol. The number of fused-ring (bicyclic) bond motifs is 3. The molecule has 1 saturated heterocycles. The summed E-state index contributed by atoms with van der Waals surface area (Å²) in [5.74, 6) is 0.988. The molecule has 180 valence electrons. The van der Waals surface area contributed by atoms with Crippen LogP contribution in [0.4, 0.5) is 5.69 Å². The predicted molar refractivity (Wildman–Crippen MR) is 142 cm³/mol. The largest absolute Gasteiger partial charge is 0.476 e. The summed E-state index contributed by atoms with van der Waals surface area (Å²) in [5.41, 5.74) is 5.14. The molecule has 3 aliphatic rings. The number of rotatable bonds is 5. The fourth-order valence-corrected chi connectivity index (χ4v) is 5.57. The number of aromatic nitrogens is 1. The van der Waals surface area contributed by atoms with E-state index in [1.807, 2.05) is 18.5 Å². The van der Waals surface area contributed by atoms with Crippen molar-refractivity contribution < 1.29 is 4.74 Å². The van der Waals surface area contributed by atoms with Crippen molar-refractivity contribution in [3.05, 3.63) is 86.6 Å². The van der Waals surface area contributed by atoms with Gasteiger partial charge in [-0.25, -0.2) is 0 Å². The van der Waals surface area contributed by atoms with Gasteiger partial charge in [-0.05, 0) is 53.9 Å². The first-order valence-corrected chi connectivity index (χ1v) is 13.2. The van der Waals surface area contributed by atoms with Crippen LogP contribution in [-0.4, -0.2) is 54.2 Å². The Bertz CT molecular complexity index is 1300. The number of pyridine rings is 1. The normalized spacial score (nSPS) is 18.1. The van der Waals surface area contributed by atoms with Crippen molar-refractivity contribution in [2.45, 2.75) is 26.1 Å². The van der Waals surface area contributed by atoms with Gasteiger partial charge in [0.05, 0.1) is 0 Å². The van der Waals surface area contributed by atoms with Crippen LogP contribution in [-0.2, 0) is 19.6 Å². The SMILES string of the molecule is Brc1ccc(N2CCN(Cc3cc4c(c5c3=CCCN=5)OCN(Cc3cccnc3)C4)CC2)cc1. The molecule has 0 aliphatic carbocycles. The molecular weight excluding hydrogens is 502 g/mol. The lowest BCUT2D eigenvalue weighted by molar-refractivity contribution is 0.0868. The molecule has 4 heterocycles. The van der Waals surface area contributed by atoms with Gasteiger partial charge in [0.2, 0.25) is 0 Å². The minimum atomic E-state index is 0.585. The standard InChI is InChI=1S/C28H30BrN5O/c29-24-5-7-25(8-6-24)34-13-11-32(12-14-34)18-22-15-23-19-33(17-21-3-1-9-30-16-21)20-35-28(23)27-26(22)4-2-10-31-27/h1,3-9,15-16H,2,10-14,17-20H2. The first kappa shape index (κ1) is 22.7. The number of ether oxygens (including phenoxy) is 1. The fraction of sp³-hybridized carbons (Fsp3) is 0.357. The third-order valence-corrected chi connectivity index (χ3v) is 7.60. The predicted octanol–water partition coefficient (Wildman–Crippen LogP) is 3.32. The summed E-state index contributed by atoms with van der Waals surface area (Å²) in [4.78, 5) is 16.6. The van der Waals surface area contributed by atoms with Gasteiger partial charge in [-0.15, -0.1) is 0 Å². The van der Waals surface area contributed by atoms with E-state index < -0.39 is 0 Å². The molecule has 0 atom stereocenters. The van der Waals surface area contributed by atoms with Crippen LogP contribution in [0.3, 0.4) is 0 Å². The smallest absolute Gasteiger partial charge is 0.151 e. The first-order valence-electron chi connectivity index (χ1n) is 12.4. The zero-order chi connectivity index (χ0) is 23.6. The Morgan fingerprint density at radius 2 is 1.83 bits per heavy atom. The van der Waals surface area contributed by atoms with E-state index in [1.54, 1.807) is 0 Å². The molecule has 6 nitrogen and oxygen atoms in total. The van der Waals surface area contributed by atoms with Crippen molar-refractivity contribution in [2.75, 3.05) is 44.4 Å². The number of hydrogen-bond donors (Lipinski definition) is 0. The molecule has 0 unspecified atom stereocenters. The number of nitrogens with zero attached hydrogens (tertiary/aromatic N) is 5. The molecule has 0 bridgehead atoms. The Hall–Kier alpha value is -2.74. The monoisotopic (exact) mass is 531 g/mol. The molecule has 6 rings (SSSR count). The molecule has 7 heteroatoms. The molecule has 35 heavy (non-hydrogen) atoms. The second-order valence-electron chi connectivity index (χ2n) is 9.52. The van der Waals surface area contributed by atoms with E-state index in [0.29, 0.717) is 6.73 Å². The quantitative estimate of drug-likeness (QED) is 0.505. The van der Waals surface area contributed by atoms with E-state index in [1.165, 1.54) is 27.6 Å². The lowest BCUT2D eigenvalue weighted by Crippen LogP contribution is -2.47. The molecule has 0 radical (unpaired) electrons. The maximum Gasteiger partial charge on any atom is 0.151 e. The second kappa shape index (κ2) is 10.1. The van der Waals surface area contributed by atoms with Gasteiger partial charge in [0.25, 0.3) is 0 Å². The van der Waals surface area contributed by atoms with Gasteiger partial charge in [-0.1, -0.05) is 28.1 Å². The van der Waals surface area contributed by atoms with Gasteiger partial charge in [0, 0.05) is 85.7 Å². The third kappa shape index (κ3) is 4.99. The minimum absolute atomic E-state index is 0.585. The highest BCUT2D eigenvalue weighted by Gasteiger charge is 2.24. The molecule has 0 N–H and O–H groups in total. The van der Waals surface area contributed by atoms with Crippen molar-refractivity contribution in [2.24, 2.45) is 4.99 Å². The number of anilines is 1. The molecule has 0 saturated carbocycles. The molecule has 0 amide bonds. The maximum absolute atomic E-state index is 6.29. The van der Waals surface area contributed by atoms with Crippen LogP contribution in [0.15, 0.2) is 64.3 Å². The van der Waals surface area contributed by atoms with Crippen molar-refractivity contribution in [1.29, 1.82) is 0 Å². The second-order valence-corrected chi connectivity index (χ2v) is 10.4. The molecular formula is C28H30BrN5O. The van der Waals surface area contributed by atoms with E-state index in [9.17, 15) is 0 Å². The molecule has 3 aromatic rings. The van der Waals surface area contributed by atoms with Crippen LogP contribution in [0, 0.1) is 0 Å². The highest BCUT2D eigenvalue weighted by Crippen LogP contribution is 2.24. The number of benzene rings is 2. The summed E-state index contributed by atoms with van der Waals surface area (Å²) in [5, 5.41) is 2.35. The van der Waals surface area contributed by atoms with Crippen LogP contribution in [0.2, 0.25) is 0 Å². The van der Waals surface area contributed by atoms with Crippen LogP contribution in [0.5, 0.6) is 5.75 Å². The summed E-state index contributed by atoms with van der Waals surface area (Å²) < 4.78 is 7.42. The Morgan fingerprint density at radius 3 is 2.63 bits per heavy atom. The topological polar surface area (TPSA) is 44.2 Å². The van der Waals surface area contributed by atoms with Gasteiger partial charge in [-0.2, -0.15) is 0 Å². The Labute approximate surface area is 214 Å². The summed E-state index contributed by atoms with van der Waals surface area (Å²) >= 11 is 3.54. The van der Waals surface area contributed by atoms with E-state index in [-0.39, 0.29) is 0 Å². The Kier molecular flexibility index (Phi) is 6.55. The van der Waals surface area contributed by atoms with Crippen LogP contribution >= 0.6 is 15.9 Å². The van der Waals surface area contributed by atoms with E-state index in [4.69, 9.17) is 9.73 Å². The molecule has 0 spiro atoms. The van der Waals surface area contributed by atoms with E-state index in [2.05, 4.69) is 78.1 Å². The summed E-state index contributed by atoms with van der Waals surface area (Å²) in [6.07, 6.45) is 7.12. The highest BCUT2D eigenvalue weighted by molar-refractivity contribution is 9.10. The molecule has 1 aromatic heterocycles. The zero-order valence-electron chi connectivity index (χ0n) is 19.9. The van der Waals surface area contributed by atoms with Crippen molar-refractivity contribution >= 4 is 27.7 Å². The lowest BCUT2D eigenvalue weighted by atomic mass is 10.0. The van der Waals surface area contributed by atoms with Crippen LogP contribution in [0.25, 0.3) is 6.08 Å². The lowest BCUT2D eigenvalue weighted by Gasteiger charge is -2.36. The van der Waals surface area contributed by atoms with Crippen molar-refractivity contribution in [3.8, 4) is 5.75 Å². The molecule has 3 aliphatic heterocycles. The summed E-state index contributed by atoms with van der Waals surface area (Å²) in [6, 6.07) is 15.1. The van der Waals surface area contributed by atoms with Crippen molar-refractivity contribution in [1.82, 2.24) is 14.8 Å². The van der Waals surface area contributed by atoms with Gasteiger partial charge in [0.15, 0.2) is 5.75 Å². The van der Waals surface area contributed by atoms with Gasteiger partial charge in [0.1, 0.15) is 12.1 Å². The number of halogens is 1. The van der Waals surface area contributed by atoms with Crippen LogP contribution in [0.1, 0.15) is 23.1 Å². The highest BCUT2D eigenvalue weighted by atomic mass is 79.9. The van der Waals surface area contributed by atoms with E-state index >= 15 is 0 Å². The maximum atomic E-state index is 6.29. The third-order valence-electron chi connectivity index (χ3n) is 7.08. The summed E-state index contributed by atoms with van der Waals surface area (Å²) in [7, 11) is 0. The zero-order valence-corrected chi connectivity index (χ0v) is 21.5. The van der Waals surface area contributed by atoms with Gasteiger partial charge < -0.3 is 9.64 Å². The fourth-order valence-electron chi connectivity index (χ4n) is 5.31. The summed E-state index contributed by atoms with van der Waals surface area (Å²) in [6.45, 7) is 8.30. The van der Waals surface area contributed by atoms with Gasteiger partial charge in [-0.3, -0.25) is 19.8 Å². The average Bonchev–Trinajstić information content (AvgIpc) is 2.90. The minimum Gasteiger partial charge on any atom is -0.476 e. The Morgan fingerprint density at radius 1 is 0.971 bits per heavy atom. The van der Waals surface area contributed by atoms with E-state index in [0.717, 1.165) is 74.4 Å². The first-order chi connectivity index (χ1) is 17.2. The number of hydrogen-bond acceptors (Lipinski definition) is 6. The van der Waals surface area contributed by atoms with Gasteiger partial charge >= 0.3 is 0 Å².